The first-order chi connectivity index (χ1) is 13.1. The van der Waals surface area contributed by atoms with Crippen molar-refractivity contribution >= 4 is 40.0 Å². The molecule has 3 rings (SSSR count). The van der Waals surface area contributed by atoms with Gasteiger partial charge in [-0.25, -0.2) is 8.42 Å². The monoisotopic (exact) mass is 525 g/mol. The lowest BCUT2D eigenvalue weighted by Crippen LogP contribution is -2.54. The molecule has 0 spiro atoms. The van der Waals surface area contributed by atoms with E-state index in [4.69, 9.17) is 4.52 Å². The quantitative estimate of drug-likeness (QED) is 0.254. The lowest BCUT2D eigenvalue weighted by molar-refractivity contribution is 0.259. The Hall–Kier alpha value is -0.880. The second-order valence-electron chi connectivity index (χ2n) is 7.40. The van der Waals surface area contributed by atoms with Crippen LogP contribution in [0.15, 0.2) is 21.8 Å². The number of nitrogens with zero attached hydrogens (tertiary/aromatic N) is 4. The third kappa shape index (κ3) is 6.58. The number of sulfonamides is 1. The average Bonchev–Trinajstić information content (AvgIpc) is 3.36. The van der Waals surface area contributed by atoms with Crippen molar-refractivity contribution < 1.29 is 12.9 Å². The van der Waals surface area contributed by atoms with E-state index in [2.05, 4.69) is 20.4 Å². The zero-order valence-electron chi connectivity index (χ0n) is 16.5. The van der Waals surface area contributed by atoms with E-state index in [0.29, 0.717) is 31.9 Å². The average molecular weight is 525 g/mol. The minimum Gasteiger partial charge on any atom is -0.364 e. The van der Waals surface area contributed by atoms with Crippen molar-refractivity contribution in [3.8, 4) is 0 Å². The molecule has 1 saturated heterocycles. The van der Waals surface area contributed by atoms with Gasteiger partial charge in [0.25, 0.3) is 0 Å². The van der Waals surface area contributed by atoms with Crippen LogP contribution < -0.4 is 5.32 Å². The van der Waals surface area contributed by atoms with Gasteiger partial charge in [0.2, 0.25) is 10.0 Å². The molecule has 1 aliphatic carbocycles. The van der Waals surface area contributed by atoms with E-state index in [1.54, 1.807) is 13.1 Å². The Balaban J connectivity index is 0.00000280. The molecule has 2 fully saturated rings. The van der Waals surface area contributed by atoms with Gasteiger partial charge in [-0.05, 0) is 18.8 Å². The van der Waals surface area contributed by atoms with Crippen molar-refractivity contribution in [1.82, 2.24) is 19.7 Å². The Morgan fingerprint density at radius 3 is 2.61 bits per heavy atom. The van der Waals surface area contributed by atoms with Crippen LogP contribution in [0.3, 0.4) is 0 Å². The lowest BCUT2D eigenvalue weighted by atomic mass is 10.0. The first kappa shape index (κ1) is 23.4. The second kappa shape index (κ2) is 11.3. The van der Waals surface area contributed by atoms with Gasteiger partial charge in [0.15, 0.2) is 5.96 Å². The maximum absolute atomic E-state index is 12.5. The molecule has 0 aromatic carbocycles. The number of halogens is 1. The largest absolute Gasteiger partial charge is 0.364 e. The van der Waals surface area contributed by atoms with Crippen molar-refractivity contribution in [2.75, 3.05) is 39.8 Å². The normalized spacial score (nSPS) is 19.6. The molecule has 160 valence electrons. The molecular weight excluding hydrogens is 493 g/mol. The number of rotatable bonds is 7. The smallest absolute Gasteiger partial charge is 0.220 e. The standard InChI is InChI=1S/C18H31N5O3S.HI/c1-19-18(20-9-4-7-16-5-2-3-6-16)22-10-12-23(13-11-22)27(24,25)15-17-8-14-26-21-17;/h8,14,16H,2-7,9-13,15H2,1H3,(H,19,20);1H. The van der Waals surface area contributed by atoms with Gasteiger partial charge >= 0.3 is 0 Å². The van der Waals surface area contributed by atoms with Crippen molar-refractivity contribution in [2.45, 2.75) is 44.3 Å². The molecule has 10 heteroatoms. The SMILES string of the molecule is CN=C(NCCCC1CCCC1)N1CCN(S(=O)(=O)Cc2ccon2)CC1.I. The summed E-state index contributed by atoms with van der Waals surface area (Å²) in [6.07, 6.45) is 9.41. The molecule has 1 saturated carbocycles. The third-order valence-electron chi connectivity index (χ3n) is 5.51. The molecule has 1 aromatic heterocycles. The van der Waals surface area contributed by atoms with E-state index in [1.165, 1.54) is 42.7 Å². The summed E-state index contributed by atoms with van der Waals surface area (Å²) in [4.78, 5) is 6.51. The summed E-state index contributed by atoms with van der Waals surface area (Å²) in [5.41, 5.74) is 0.442. The van der Waals surface area contributed by atoms with Crippen LogP contribution in [0.2, 0.25) is 0 Å². The Kier molecular flexibility index (Phi) is 9.48. The van der Waals surface area contributed by atoms with Gasteiger partial charge < -0.3 is 14.7 Å². The Morgan fingerprint density at radius 1 is 1.29 bits per heavy atom. The maximum atomic E-state index is 12.5. The summed E-state index contributed by atoms with van der Waals surface area (Å²) in [6, 6.07) is 1.59. The van der Waals surface area contributed by atoms with Gasteiger partial charge in [-0.3, -0.25) is 4.99 Å². The predicted octanol–water partition coefficient (Wildman–Crippen LogP) is 2.29. The summed E-state index contributed by atoms with van der Waals surface area (Å²) in [5.74, 6) is 1.67. The highest BCUT2D eigenvalue weighted by Gasteiger charge is 2.29. The van der Waals surface area contributed by atoms with E-state index >= 15 is 0 Å². The molecule has 0 radical (unpaired) electrons. The fraction of sp³-hybridized carbons (Fsp3) is 0.778. The van der Waals surface area contributed by atoms with Gasteiger partial charge in [0.05, 0.1) is 5.69 Å². The Bertz CT molecular complexity index is 697. The molecular formula is C18H32IN5O3S. The van der Waals surface area contributed by atoms with E-state index in [9.17, 15) is 8.42 Å². The number of aliphatic imine (C=N–C) groups is 1. The van der Waals surface area contributed by atoms with Crippen LogP contribution in [0.1, 0.15) is 44.2 Å². The van der Waals surface area contributed by atoms with E-state index in [-0.39, 0.29) is 29.7 Å². The van der Waals surface area contributed by atoms with Crippen LogP contribution in [0.25, 0.3) is 0 Å². The molecule has 1 aliphatic heterocycles. The fourth-order valence-electron chi connectivity index (χ4n) is 3.99. The van der Waals surface area contributed by atoms with Crippen LogP contribution in [0.4, 0.5) is 0 Å². The Labute approximate surface area is 185 Å². The maximum Gasteiger partial charge on any atom is 0.220 e. The lowest BCUT2D eigenvalue weighted by Gasteiger charge is -2.35. The number of aromatic nitrogens is 1. The molecule has 0 unspecified atom stereocenters. The van der Waals surface area contributed by atoms with Crippen LogP contribution in [-0.2, 0) is 15.8 Å². The molecule has 28 heavy (non-hydrogen) atoms. The second-order valence-corrected chi connectivity index (χ2v) is 9.37. The minimum absolute atomic E-state index is 0. The van der Waals surface area contributed by atoms with Crippen molar-refractivity contribution in [2.24, 2.45) is 10.9 Å². The number of piperazine rings is 1. The molecule has 2 aliphatic rings. The van der Waals surface area contributed by atoms with Crippen LogP contribution in [0.5, 0.6) is 0 Å². The summed E-state index contributed by atoms with van der Waals surface area (Å²) in [7, 11) is -1.58. The van der Waals surface area contributed by atoms with E-state index in [0.717, 1.165) is 24.8 Å². The highest BCUT2D eigenvalue weighted by molar-refractivity contribution is 14.0. The number of guanidine groups is 1. The van der Waals surface area contributed by atoms with Crippen molar-refractivity contribution in [1.29, 1.82) is 0 Å². The first-order valence-corrected chi connectivity index (χ1v) is 11.5. The minimum atomic E-state index is -3.37. The third-order valence-corrected chi connectivity index (χ3v) is 7.32. The summed E-state index contributed by atoms with van der Waals surface area (Å²) in [5, 5.41) is 7.14. The molecule has 0 atom stereocenters. The molecule has 1 aromatic rings. The highest BCUT2D eigenvalue weighted by Crippen LogP contribution is 2.28. The zero-order chi connectivity index (χ0) is 19.1. The van der Waals surface area contributed by atoms with Gasteiger partial charge in [-0.2, -0.15) is 4.31 Å². The number of nitrogens with one attached hydrogen (secondary N) is 1. The summed E-state index contributed by atoms with van der Waals surface area (Å²) in [6.45, 7) is 3.13. The molecule has 1 N–H and O–H groups in total. The van der Waals surface area contributed by atoms with Gasteiger partial charge in [-0.15, -0.1) is 24.0 Å². The molecule has 8 nitrogen and oxygen atoms in total. The number of hydrogen-bond donors (Lipinski definition) is 1. The topological polar surface area (TPSA) is 91.0 Å². The van der Waals surface area contributed by atoms with E-state index < -0.39 is 10.0 Å². The predicted molar refractivity (Wildman–Crippen MR) is 120 cm³/mol. The summed E-state index contributed by atoms with van der Waals surface area (Å²) < 4.78 is 31.3. The molecule has 2 heterocycles. The fourth-order valence-corrected chi connectivity index (χ4v) is 5.42. The van der Waals surface area contributed by atoms with Crippen LogP contribution >= 0.6 is 24.0 Å². The van der Waals surface area contributed by atoms with Gasteiger partial charge in [0.1, 0.15) is 12.0 Å². The molecule has 0 amide bonds. The van der Waals surface area contributed by atoms with Crippen molar-refractivity contribution in [3.05, 3.63) is 18.0 Å². The zero-order valence-corrected chi connectivity index (χ0v) is 19.7. The molecule has 0 bridgehead atoms. The Morgan fingerprint density at radius 2 is 2.00 bits per heavy atom. The van der Waals surface area contributed by atoms with Gasteiger partial charge in [0, 0.05) is 45.8 Å². The highest BCUT2D eigenvalue weighted by atomic mass is 127. The van der Waals surface area contributed by atoms with Crippen LogP contribution in [-0.4, -0.2) is 68.5 Å². The van der Waals surface area contributed by atoms with Crippen molar-refractivity contribution in [3.63, 3.8) is 0 Å². The summed E-state index contributed by atoms with van der Waals surface area (Å²) >= 11 is 0. The van der Waals surface area contributed by atoms with Gasteiger partial charge in [-0.1, -0.05) is 30.8 Å². The first-order valence-electron chi connectivity index (χ1n) is 9.91. The van der Waals surface area contributed by atoms with Crippen LogP contribution in [0, 0.1) is 5.92 Å². The number of hydrogen-bond acceptors (Lipinski definition) is 5. The van der Waals surface area contributed by atoms with E-state index in [1.807, 2.05) is 0 Å².